The van der Waals surface area contributed by atoms with E-state index in [-0.39, 0.29) is 18.4 Å². The molecular formula is C12H18BrNO3. The molecule has 0 aliphatic rings. The average Bonchev–Trinajstić information content (AvgIpc) is 2.34. The topological polar surface area (TPSA) is 61.7 Å². The highest BCUT2D eigenvalue weighted by atomic mass is 79.9. The van der Waals surface area contributed by atoms with Crippen molar-refractivity contribution < 1.29 is 14.9 Å². The highest BCUT2D eigenvalue weighted by Crippen LogP contribution is 2.35. The standard InChI is InChI=1S/C12H18BrNO3/c1-3-9(7-15)14-6-8-4-10(13)12(16)11(5-8)17-2/h4-5,9,14-16H,3,6-7H2,1-2H3. The number of aromatic hydroxyl groups is 1. The lowest BCUT2D eigenvalue weighted by Crippen LogP contribution is -2.31. The zero-order valence-corrected chi connectivity index (χ0v) is 11.6. The molecule has 1 aromatic carbocycles. The summed E-state index contributed by atoms with van der Waals surface area (Å²) in [4.78, 5) is 0. The summed E-state index contributed by atoms with van der Waals surface area (Å²) in [6, 6.07) is 3.69. The molecule has 0 radical (unpaired) electrons. The van der Waals surface area contributed by atoms with Gasteiger partial charge in [-0.3, -0.25) is 0 Å². The Kier molecular flexibility index (Phi) is 5.74. The average molecular weight is 304 g/mol. The fraction of sp³-hybridized carbons (Fsp3) is 0.500. The number of nitrogens with one attached hydrogen (secondary N) is 1. The molecule has 3 N–H and O–H groups in total. The van der Waals surface area contributed by atoms with Gasteiger partial charge in [-0.25, -0.2) is 0 Å². The van der Waals surface area contributed by atoms with Crippen molar-refractivity contribution in [2.45, 2.75) is 25.9 Å². The van der Waals surface area contributed by atoms with E-state index in [1.165, 1.54) is 7.11 Å². The Hall–Kier alpha value is -0.780. The second-order valence-corrected chi connectivity index (χ2v) is 4.65. The predicted molar refractivity (Wildman–Crippen MR) is 70.4 cm³/mol. The minimum Gasteiger partial charge on any atom is -0.503 e. The fourth-order valence-corrected chi connectivity index (χ4v) is 1.97. The molecule has 1 rings (SSSR count). The normalized spacial score (nSPS) is 12.5. The summed E-state index contributed by atoms with van der Waals surface area (Å²) in [5.74, 6) is 0.540. The van der Waals surface area contributed by atoms with Crippen LogP contribution in [-0.4, -0.2) is 30.0 Å². The summed E-state index contributed by atoms with van der Waals surface area (Å²) in [5.41, 5.74) is 0.985. The highest BCUT2D eigenvalue weighted by Gasteiger charge is 2.09. The Balaban J connectivity index is 2.75. The zero-order chi connectivity index (χ0) is 12.8. The van der Waals surface area contributed by atoms with Gasteiger partial charge in [-0.05, 0) is 40.0 Å². The summed E-state index contributed by atoms with van der Waals surface area (Å²) in [7, 11) is 1.52. The van der Waals surface area contributed by atoms with Crippen LogP contribution < -0.4 is 10.1 Å². The van der Waals surface area contributed by atoms with Crippen molar-refractivity contribution >= 4 is 15.9 Å². The second-order valence-electron chi connectivity index (χ2n) is 3.80. The molecule has 0 aromatic heterocycles. The van der Waals surface area contributed by atoms with Gasteiger partial charge in [-0.15, -0.1) is 0 Å². The zero-order valence-electron chi connectivity index (χ0n) is 10.0. The van der Waals surface area contributed by atoms with Crippen LogP contribution >= 0.6 is 15.9 Å². The third-order valence-electron chi connectivity index (χ3n) is 2.62. The Morgan fingerprint density at radius 1 is 1.47 bits per heavy atom. The lowest BCUT2D eigenvalue weighted by atomic mass is 10.1. The Bertz CT molecular complexity index is 367. The van der Waals surface area contributed by atoms with Gasteiger partial charge in [-0.2, -0.15) is 0 Å². The molecule has 0 aliphatic carbocycles. The summed E-state index contributed by atoms with van der Waals surface area (Å²) < 4.78 is 5.67. The number of phenolic OH excluding ortho intramolecular Hbond substituents is 1. The monoisotopic (exact) mass is 303 g/mol. The number of rotatable bonds is 6. The van der Waals surface area contributed by atoms with Crippen LogP contribution in [0.3, 0.4) is 0 Å². The largest absolute Gasteiger partial charge is 0.503 e. The van der Waals surface area contributed by atoms with Gasteiger partial charge in [0, 0.05) is 12.6 Å². The molecule has 96 valence electrons. The Morgan fingerprint density at radius 3 is 2.71 bits per heavy atom. The van der Waals surface area contributed by atoms with E-state index in [2.05, 4.69) is 21.2 Å². The Labute approximate surface area is 110 Å². The first-order valence-corrected chi connectivity index (χ1v) is 6.31. The quantitative estimate of drug-likeness (QED) is 0.752. The summed E-state index contributed by atoms with van der Waals surface area (Å²) in [6.45, 7) is 2.75. The number of hydrogen-bond acceptors (Lipinski definition) is 4. The van der Waals surface area contributed by atoms with E-state index in [4.69, 9.17) is 9.84 Å². The van der Waals surface area contributed by atoms with Crippen molar-refractivity contribution in [3.63, 3.8) is 0 Å². The molecule has 0 amide bonds. The third-order valence-corrected chi connectivity index (χ3v) is 3.22. The molecule has 0 fully saturated rings. The first-order chi connectivity index (χ1) is 8.12. The maximum absolute atomic E-state index is 9.66. The van der Waals surface area contributed by atoms with Crippen LogP contribution in [0.4, 0.5) is 0 Å². The molecule has 1 atom stereocenters. The van der Waals surface area contributed by atoms with Crippen LogP contribution in [0.15, 0.2) is 16.6 Å². The number of phenols is 1. The van der Waals surface area contributed by atoms with E-state index in [0.29, 0.717) is 16.8 Å². The number of hydrogen-bond donors (Lipinski definition) is 3. The van der Waals surface area contributed by atoms with E-state index in [9.17, 15) is 5.11 Å². The molecule has 0 spiro atoms. The lowest BCUT2D eigenvalue weighted by molar-refractivity contribution is 0.238. The molecular weight excluding hydrogens is 286 g/mol. The van der Waals surface area contributed by atoms with Crippen molar-refractivity contribution in [3.05, 3.63) is 22.2 Å². The fourth-order valence-electron chi connectivity index (χ4n) is 1.49. The van der Waals surface area contributed by atoms with Gasteiger partial charge < -0.3 is 20.3 Å². The van der Waals surface area contributed by atoms with E-state index in [0.717, 1.165) is 12.0 Å². The molecule has 0 aliphatic heterocycles. The number of aliphatic hydroxyl groups excluding tert-OH is 1. The van der Waals surface area contributed by atoms with Crippen molar-refractivity contribution in [2.75, 3.05) is 13.7 Å². The van der Waals surface area contributed by atoms with Crippen LogP contribution in [0.5, 0.6) is 11.5 Å². The first-order valence-electron chi connectivity index (χ1n) is 5.52. The van der Waals surface area contributed by atoms with Crippen LogP contribution in [-0.2, 0) is 6.54 Å². The molecule has 1 aromatic rings. The number of benzene rings is 1. The van der Waals surface area contributed by atoms with Gasteiger partial charge in [0.15, 0.2) is 11.5 Å². The van der Waals surface area contributed by atoms with Crippen LogP contribution in [0.25, 0.3) is 0 Å². The van der Waals surface area contributed by atoms with Gasteiger partial charge >= 0.3 is 0 Å². The predicted octanol–water partition coefficient (Wildman–Crippen LogP) is 2.02. The molecule has 1 unspecified atom stereocenters. The van der Waals surface area contributed by atoms with Gasteiger partial charge in [0.1, 0.15) is 0 Å². The summed E-state index contributed by atoms with van der Waals surface area (Å²) in [6.07, 6.45) is 0.868. The van der Waals surface area contributed by atoms with Crippen molar-refractivity contribution in [1.82, 2.24) is 5.32 Å². The summed E-state index contributed by atoms with van der Waals surface area (Å²) >= 11 is 3.27. The second kappa shape index (κ2) is 6.83. The molecule has 4 nitrogen and oxygen atoms in total. The molecule has 0 saturated heterocycles. The third kappa shape index (κ3) is 3.87. The van der Waals surface area contributed by atoms with E-state index < -0.39 is 0 Å². The number of methoxy groups -OCH3 is 1. The van der Waals surface area contributed by atoms with Gasteiger partial charge in [0.05, 0.1) is 18.2 Å². The van der Waals surface area contributed by atoms with Crippen molar-refractivity contribution in [1.29, 1.82) is 0 Å². The number of aliphatic hydroxyl groups is 1. The van der Waals surface area contributed by atoms with Crippen molar-refractivity contribution in [2.24, 2.45) is 0 Å². The molecule has 0 saturated carbocycles. The first kappa shape index (κ1) is 14.3. The summed E-state index contributed by atoms with van der Waals surface area (Å²) in [5, 5.41) is 22.0. The number of ether oxygens (including phenoxy) is 1. The molecule has 17 heavy (non-hydrogen) atoms. The smallest absolute Gasteiger partial charge is 0.172 e. The maximum atomic E-state index is 9.66. The van der Waals surface area contributed by atoms with Crippen LogP contribution in [0.1, 0.15) is 18.9 Å². The highest BCUT2D eigenvalue weighted by molar-refractivity contribution is 9.10. The Morgan fingerprint density at radius 2 is 2.18 bits per heavy atom. The van der Waals surface area contributed by atoms with Crippen LogP contribution in [0.2, 0.25) is 0 Å². The number of halogens is 1. The lowest BCUT2D eigenvalue weighted by Gasteiger charge is -2.15. The van der Waals surface area contributed by atoms with Gasteiger partial charge in [0.2, 0.25) is 0 Å². The SMILES string of the molecule is CCC(CO)NCc1cc(Br)c(O)c(OC)c1. The minimum absolute atomic E-state index is 0.0913. The van der Waals surface area contributed by atoms with Crippen molar-refractivity contribution in [3.8, 4) is 11.5 Å². The minimum atomic E-state index is 0.0913. The molecule has 0 heterocycles. The van der Waals surface area contributed by atoms with Gasteiger partial charge in [0.25, 0.3) is 0 Å². The van der Waals surface area contributed by atoms with E-state index in [1.807, 2.05) is 13.0 Å². The van der Waals surface area contributed by atoms with Crippen LogP contribution in [0, 0.1) is 0 Å². The molecule has 0 bridgehead atoms. The van der Waals surface area contributed by atoms with Gasteiger partial charge in [-0.1, -0.05) is 6.92 Å². The van der Waals surface area contributed by atoms with E-state index in [1.54, 1.807) is 6.07 Å². The molecule has 5 heteroatoms. The maximum Gasteiger partial charge on any atom is 0.172 e. The van der Waals surface area contributed by atoms with E-state index >= 15 is 0 Å².